The molecule has 7 nitrogen and oxygen atoms in total. The number of likely N-dealkylation sites (N-methyl/N-ethyl adjacent to an activating group) is 1. The Morgan fingerprint density at radius 2 is 2.12 bits per heavy atom. The molecule has 1 atom stereocenters. The van der Waals surface area contributed by atoms with Crippen molar-refractivity contribution in [2.24, 2.45) is 0 Å². The van der Waals surface area contributed by atoms with E-state index < -0.39 is 0 Å². The molecule has 1 aliphatic rings. The quantitative estimate of drug-likeness (QED) is 0.378. The van der Waals surface area contributed by atoms with Crippen LogP contribution in [0.1, 0.15) is 28.9 Å². The number of amides is 2. The zero-order chi connectivity index (χ0) is 23.5. The van der Waals surface area contributed by atoms with Gasteiger partial charge in [0.2, 0.25) is 5.91 Å². The molecule has 0 radical (unpaired) electrons. The van der Waals surface area contributed by atoms with Gasteiger partial charge in [0.15, 0.2) is 10.9 Å². The van der Waals surface area contributed by atoms with Gasteiger partial charge >= 0.3 is 0 Å². The lowest BCUT2D eigenvalue weighted by Gasteiger charge is -2.25. The van der Waals surface area contributed by atoms with Crippen molar-refractivity contribution in [2.75, 3.05) is 31.6 Å². The Balaban J connectivity index is 1.34. The van der Waals surface area contributed by atoms with Crippen LogP contribution in [0, 0.1) is 0 Å². The summed E-state index contributed by atoms with van der Waals surface area (Å²) in [6.45, 7) is 2.19. The third kappa shape index (κ3) is 4.64. The molecule has 9 heteroatoms. The molecule has 4 heterocycles. The van der Waals surface area contributed by atoms with E-state index in [0.717, 1.165) is 49.0 Å². The molecule has 1 unspecified atom stereocenters. The van der Waals surface area contributed by atoms with E-state index in [0.29, 0.717) is 22.3 Å². The predicted octanol–water partition coefficient (Wildman–Crippen LogP) is 4.87. The largest absolute Gasteiger partial charge is 0.454 e. The van der Waals surface area contributed by atoms with Crippen LogP contribution in [0.4, 0.5) is 5.13 Å². The van der Waals surface area contributed by atoms with E-state index in [2.05, 4.69) is 10.2 Å². The number of hydrogen-bond acceptors (Lipinski definition) is 7. The van der Waals surface area contributed by atoms with E-state index in [4.69, 9.17) is 9.40 Å². The molecule has 34 heavy (non-hydrogen) atoms. The van der Waals surface area contributed by atoms with Crippen molar-refractivity contribution in [1.29, 1.82) is 0 Å². The fourth-order valence-electron chi connectivity index (χ4n) is 4.42. The first-order chi connectivity index (χ1) is 16.6. The first kappa shape index (κ1) is 22.8. The zero-order valence-corrected chi connectivity index (χ0v) is 20.5. The van der Waals surface area contributed by atoms with Gasteiger partial charge in [-0.05, 0) is 49.4 Å². The number of nitrogens with one attached hydrogen (secondary N) is 1. The van der Waals surface area contributed by atoms with Gasteiger partial charge in [0.25, 0.3) is 5.91 Å². The lowest BCUT2D eigenvalue weighted by molar-refractivity contribution is -0.124. The number of carbonyl (C=O) groups excluding carboxylic acids is 2. The number of furan rings is 1. The van der Waals surface area contributed by atoms with Gasteiger partial charge in [0.05, 0.1) is 10.9 Å². The SMILES string of the molecule is CNC(=O)C1CCCN1CCCN(C(=O)c1cccs1)c1nc(-c2cc3ccccc3o2)cs1. The molecule has 1 saturated heterocycles. The third-order valence-electron chi connectivity index (χ3n) is 6.12. The summed E-state index contributed by atoms with van der Waals surface area (Å²) in [7, 11) is 1.68. The summed E-state index contributed by atoms with van der Waals surface area (Å²) in [5.74, 6) is 0.710. The van der Waals surface area contributed by atoms with Crippen LogP contribution in [0.25, 0.3) is 22.4 Å². The number of nitrogens with zero attached hydrogens (tertiary/aromatic N) is 3. The van der Waals surface area contributed by atoms with Crippen molar-refractivity contribution in [3.05, 3.63) is 58.1 Å². The average molecular weight is 495 g/mol. The van der Waals surface area contributed by atoms with Gasteiger partial charge in [-0.1, -0.05) is 24.3 Å². The average Bonchev–Trinajstić information content (AvgIpc) is 3.67. The summed E-state index contributed by atoms with van der Waals surface area (Å²) < 4.78 is 5.97. The van der Waals surface area contributed by atoms with Crippen molar-refractivity contribution in [1.82, 2.24) is 15.2 Å². The summed E-state index contributed by atoms with van der Waals surface area (Å²) in [4.78, 5) is 34.9. The first-order valence-electron chi connectivity index (χ1n) is 11.4. The van der Waals surface area contributed by atoms with Crippen molar-refractivity contribution < 1.29 is 14.0 Å². The lowest BCUT2D eigenvalue weighted by Crippen LogP contribution is -2.43. The number of anilines is 1. The molecule has 3 aromatic heterocycles. The number of carbonyl (C=O) groups is 2. The minimum atomic E-state index is -0.0778. The second-order valence-electron chi connectivity index (χ2n) is 8.26. The van der Waals surface area contributed by atoms with Crippen LogP contribution in [0.2, 0.25) is 0 Å². The van der Waals surface area contributed by atoms with Crippen LogP contribution < -0.4 is 10.2 Å². The molecule has 176 valence electrons. The summed E-state index contributed by atoms with van der Waals surface area (Å²) >= 11 is 2.87. The molecule has 0 aliphatic carbocycles. The monoisotopic (exact) mass is 494 g/mol. The molecule has 1 aromatic carbocycles. The minimum absolute atomic E-state index is 0.0511. The Labute approximate surface area is 206 Å². The predicted molar refractivity (Wildman–Crippen MR) is 137 cm³/mol. The van der Waals surface area contributed by atoms with Gasteiger partial charge in [-0.15, -0.1) is 22.7 Å². The van der Waals surface area contributed by atoms with Crippen LogP contribution in [0.3, 0.4) is 0 Å². The van der Waals surface area contributed by atoms with Crippen LogP contribution in [-0.2, 0) is 4.79 Å². The number of fused-ring (bicyclic) bond motifs is 1. The van der Waals surface area contributed by atoms with E-state index >= 15 is 0 Å². The Morgan fingerprint density at radius 3 is 2.91 bits per heavy atom. The van der Waals surface area contributed by atoms with E-state index in [9.17, 15) is 9.59 Å². The maximum Gasteiger partial charge on any atom is 0.270 e. The molecule has 5 rings (SSSR count). The number of likely N-dealkylation sites (tertiary alicyclic amines) is 1. The van der Waals surface area contributed by atoms with Gasteiger partial charge in [-0.3, -0.25) is 19.4 Å². The number of aromatic nitrogens is 1. The maximum absolute atomic E-state index is 13.3. The van der Waals surface area contributed by atoms with Crippen LogP contribution in [-0.4, -0.2) is 54.4 Å². The maximum atomic E-state index is 13.3. The van der Waals surface area contributed by atoms with Crippen molar-refractivity contribution in [2.45, 2.75) is 25.3 Å². The highest BCUT2D eigenvalue weighted by molar-refractivity contribution is 7.14. The highest BCUT2D eigenvalue weighted by Gasteiger charge is 2.30. The Morgan fingerprint density at radius 1 is 1.24 bits per heavy atom. The molecule has 4 aromatic rings. The van der Waals surface area contributed by atoms with Crippen LogP contribution in [0.15, 0.2) is 57.6 Å². The van der Waals surface area contributed by atoms with Crippen molar-refractivity contribution in [3.63, 3.8) is 0 Å². The van der Waals surface area contributed by atoms with E-state index in [1.807, 2.05) is 53.2 Å². The number of benzene rings is 1. The van der Waals surface area contributed by atoms with Crippen LogP contribution in [0.5, 0.6) is 0 Å². The molecule has 0 bridgehead atoms. The van der Waals surface area contributed by atoms with E-state index in [-0.39, 0.29) is 17.9 Å². The van der Waals surface area contributed by atoms with Crippen molar-refractivity contribution >= 4 is 50.6 Å². The lowest BCUT2D eigenvalue weighted by atomic mass is 10.2. The van der Waals surface area contributed by atoms with Gasteiger partial charge < -0.3 is 9.73 Å². The van der Waals surface area contributed by atoms with E-state index in [1.165, 1.54) is 22.7 Å². The molecular formula is C25H26N4O3S2. The molecule has 0 spiro atoms. The minimum Gasteiger partial charge on any atom is -0.454 e. The fraction of sp³-hybridized carbons (Fsp3) is 0.320. The van der Waals surface area contributed by atoms with Gasteiger partial charge in [-0.2, -0.15) is 0 Å². The summed E-state index contributed by atoms with van der Waals surface area (Å²) in [5.41, 5.74) is 1.54. The Kier molecular flexibility index (Phi) is 6.75. The van der Waals surface area contributed by atoms with Gasteiger partial charge in [0, 0.05) is 30.9 Å². The summed E-state index contributed by atoms with van der Waals surface area (Å²) in [6, 6.07) is 13.5. The van der Waals surface area contributed by atoms with Crippen molar-refractivity contribution in [3.8, 4) is 11.5 Å². The standard InChI is InChI=1S/C25H26N4O3S2/c1-26-23(30)19-8-4-11-28(19)12-6-13-29(24(31)22-10-5-14-33-22)25-27-18(16-34-25)21-15-17-7-2-3-9-20(17)32-21/h2-3,5,7,9-10,14-16,19H,4,6,8,11-13H2,1H3,(H,26,30). The summed E-state index contributed by atoms with van der Waals surface area (Å²) in [6.07, 6.45) is 2.65. The summed E-state index contributed by atoms with van der Waals surface area (Å²) in [5, 5.41) is 8.28. The topological polar surface area (TPSA) is 78.7 Å². The number of thiophene rings is 1. The molecule has 1 fully saturated rings. The molecule has 0 saturated carbocycles. The Hall–Kier alpha value is -3.01. The first-order valence-corrected chi connectivity index (χ1v) is 13.2. The number of para-hydroxylation sites is 1. The third-order valence-corrected chi connectivity index (χ3v) is 7.84. The number of hydrogen-bond donors (Lipinski definition) is 1. The smallest absolute Gasteiger partial charge is 0.270 e. The molecule has 1 aliphatic heterocycles. The number of rotatable bonds is 8. The van der Waals surface area contributed by atoms with Crippen LogP contribution >= 0.6 is 22.7 Å². The van der Waals surface area contributed by atoms with Gasteiger partial charge in [0.1, 0.15) is 11.3 Å². The van der Waals surface area contributed by atoms with Gasteiger partial charge in [-0.25, -0.2) is 4.98 Å². The Bertz CT molecular complexity index is 1250. The highest BCUT2D eigenvalue weighted by Crippen LogP contribution is 2.32. The molecular weight excluding hydrogens is 468 g/mol. The fourth-order valence-corrected chi connectivity index (χ4v) is 5.93. The zero-order valence-electron chi connectivity index (χ0n) is 18.9. The highest BCUT2D eigenvalue weighted by atomic mass is 32.1. The second kappa shape index (κ2) is 10.1. The number of thiazole rings is 1. The second-order valence-corrected chi connectivity index (χ2v) is 10.0. The normalized spacial score (nSPS) is 16.2. The molecule has 1 N–H and O–H groups in total. The van der Waals surface area contributed by atoms with E-state index in [1.54, 1.807) is 11.9 Å². The molecule has 2 amide bonds.